The number of β-amino-alcohol motifs (C(OH)–C–C–N with tert-alkyl or cyclic N) is 1. The van der Waals surface area contributed by atoms with Gasteiger partial charge in [-0.1, -0.05) is 0 Å². The lowest BCUT2D eigenvalue weighted by molar-refractivity contribution is -0.139. The lowest BCUT2D eigenvalue weighted by Gasteiger charge is -2.48. The maximum atomic E-state index is 12.9. The van der Waals surface area contributed by atoms with Gasteiger partial charge in [0, 0.05) is 56.8 Å². The molecule has 136 valence electrons. The van der Waals surface area contributed by atoms with Crippen molar-refractivity contribution in [3.05, 3.63) is 23.9 Å². The van der Waals surface area contributed by atoms with Crippen LogP contribution in [0, 0.1) is 5.41 Å². The van der Waals surface area contributed by atoms with Crippen LogP contribution in [0.2, 0.25) is 0 Å². The van der Waals surface area contributed by atoms with Crippen LogP contribution in [-0.2, 0) is 4.79 Å². The number of aromatic nitrogens is 1. The molecule has 2 N–H and O–H groups in total. The number of anilines is 1. The monoisotopic (exact) mass is 346 g/mol. The average Bonchev–Trinajstić information content (AvgIpc) is 2.65. The molecule has 0 bridgehead atoms. The first-order chi connectivity index (χ1) is 12.1. The fourth-order valence-corrected chi connectivity index (χ4v) is 4.02. The van der Waals surface area contributed by atoms with Gasteiger partial charge >= 0.3 is 0 Å². The molecule has 0 aromatic carbocycles. The smallest absolute Gasteiger partial charge is 0.254 e. The summed E-state index contributed by atoms with van der Waals surface area (Å²) in [5, 5.41) is 12.1. The second-order valence-electron chi connectivity index (χ2n) is 7.05. The number of piperidine rings is 2. The first kappa shape index (κ1) is 17.7. The van der Waals surface area contributed by atoms with Crippen molar-refractivity contribution in [1.29, 1.82) is 0 Å². The Labute approximate surface area is 148 Å². The van der Waals surface area contributed by atoms with Crippen molar-refractivity contribution >= 4 is 17.6 Å². The number of carbonyl (C=O) groups excluding carboxylic acids is 2. The molecule has 0 radical (unpaired) electrons. The SMILES string of the molecule is CNc1cc(C(=O)N2CCC[C@]3(CCC(=O)N(CCO)C3)C2)ccn1. The van der Waals surface area contributed by atoms with E-state index < -0.39 is 0 Å². The Morgan fingerprint density at radius 1 is 1.40 bits per heavy atom. The minimum atomic E-state index is -0.0458. The standard InChI is InChI=1S/C18H26N4O3/c1-19-15-11-14(4-7-20-15)17(25)22-8-2-5-18(13-22)6-3-16(24)21(12-18)9-10-23/h4,7,11,23H,2-3,5-6,8-10,12-13H2,1H3,(H,19,20)/t18-/m1/s1. The summed E-state index contributed by atoms with van der Waals surface area (Å²) < 4.78 is 0. The molecule has 2 aliphatic heterocycles. The Morgan fingerprint density at radius 2 is 2.24 bits per heavy atom. The van der Waals surface area contributed by atoms with E-state index in [1.165, 1.54) is 0 Å². The Bertz CT molecular complexity index is 651. The van der Waals surface area contributed by atoms with Gasteiger partial charge < -0.3 is 20.2 Å². The number of pyridine rings is 1. The molecule has 7 heteroatoms. The fraction of sp³-hybridized carbons (Fsp3) is 0.611. The fourth-order valence-electron chi connectivity index (χ4n) is 4.02. The van der Waals surface area contributed by atoms with Gasteiger partial charge in [0.1, 0.15) is 5.82 Å². The minimum Gasteiger partial charge on any atom is -0.395 e. The summed E-state index contributed by atoms with van der Waals surface area (Å²) in [5.74, 6) is 0.800. The first-order valence-electron chi connectivity index (χ1n) is 8.89. The Hall–Kier alpha value is -2.15. The van der Waals surface area contributed by atoms with Crippen LogP contribution in [-0.4, -0.2) is 71.5 Å². The number of likely N-dealkylation sites (tertiary alicyclic amines) is 2. The van der Waals surface area contributed by atoms with Gasteiger partial charge in [0.05, 0.1) is 6.61 Å². The number of carbonyl (C=O) groups is 2. The van der Waals surface area contributed by atoms with Crippen molar-refractivity contribution in [3.63, 3.8) is 0 Å². The molecule has 2 saturated heterocycles. The van der Waals surface area contributed by atoms with Gasteiger partial charge in [-0.3, -0.25) is 9.59 Å². The lowest BCUT2D eigenvalue weighted by atomic mass is 9.73. The third kappa shape index (κ3) is 3.76. The summed E-state index contributed by atoms with van der Waals surface area (Å²) in [4.78, 5) is 32.8. The molecule has 2 aliphatic rings. The van der Waals surface area contributed by atoms with Crippen LogP contribution >= 0.6 is 0 Å². The first-order valence-corrected chi connectivity index (χ1v) is 8.89. The molecule has 0 saturated carbocycles. The van der Waals surface area contributed by atoms with Crippen molar-refractivity contribution in [2.24, 2.45) is 5.41 Å². The molecular weight excluding hydrogens is 320 g/mol. The largest absolute Gasteiger partial charge is 0.395 e. The van der Waals surface area contributed by atoms with E-state index in [0.717, 1.165) is 25.8 Å². The van der Waals surface area contributed by atoms with E-state index in [0.29, 0.717) is 37.4 Å². The molecule has 3 heterocycles. The van der Waals surface area contributed by atoms with Crippen molar-refractivity contribution in [2.45, 2.75) is 25.7 Å². The summed E-state index contributed by atoms with van der Waals surface area (Å²) >= 11 is 0. The minimum absolute atomic E-state index is 0.0172. The Kier molecular flexibility index (Phi) is 5.22. The molecule has 1 aromatic heterocycles. The number of rotatable bonds is 4. The molecule has 1 spiro atoms. The van der Waals surface area contributed by atoms with E-state index in [-0.39, 0.29) is 23.8 Å². The highest BCUT2D eigenvalue weighted by molar-refractivity contribution is 5.95. The zero-order valence-corrected chi connectivity index (χ0v) is 14.7. The number of aliphatic hydroxyl groups is 1. The van der Waals surface area contributed by atoms with Gasteiger partial charge in [0.25, 0.3) is 5.91 Å². The molecule has 0 aliphatic carbocycles. The second-order valence-corrected chi connectivity index (χ2v) is 7.05. The van der Waals surface area contributed by atoms with Gasteiger partial charge in [-0.05, 0) is 31.4 Å². The van der Waals surface area contributed by atoms with Crippen molar-refractivity contribution in [1.82, 2.24) is 14.8 Å². The zero-order valence-electron chi connectivity index (χ0n) is 14.7. The van der Waals surface area contributed by atoms with Crippen LogP contribution in [0.5, 0.6) is 0 Å². The number of hydrogen-bond donors (Lipinski definition) is 2. The molecule has 1 atom stereocenters. The number of aliphatic hydroxyl groups excluding tert-OH is 1. The molecule has 0 unspecified atom stereocenters. The topological polar surface area (TPSA) is 85.8 Å². The lowest BCUT2D eigenvalue weighted by Crippen LogP contribution is -2.55. The molecule has 7 nitrogen and oxygen atoms in total. The number of amides is 2. The normalized spacial score (nSPS) is 23.8. The van der Waals surface area contributed by atoms with Gasteiger partial charge in [0.2, 0.25) is 5.91 Å². The van der Waals surface area contributed by atoms with E-state index in [4.69, 9.17) is 0 Å². The summed E-state index contributed by atoms with van der Waals surface area (Å²) in [5.41, 5.74) is 0.589. The van der Waals surface area contributed by atoms with E-state index in [1.807, 2.05) is 4.90 Å². The Morgan fingerprint density at radius 3 is 3.00 bits per heavy atom. The van der Waals surface area contributed by atoms with Crippen LogP contribution in [0.3, 0.4) is 0 Å². The third-order valence-corrected chi connectivity index (χ3v) is 5.33. The maximum absolute atomic E-state index is 12.9. The molecule has 2 fully saturated rings. The molecular formula is C18H26N4O3. The van der Waals surface area contributed by atoms with Crippen LogP contribution in [0.1, 0.15) is 36.0 Å². The summed E-state index contributed by atoms with van der Waals surface area (Å²) in [6, 6.07) is 3.51. The molecule has 25 heavy (non-hydrogen) atoms. The average molecular weight is 346 g/mol. The molecule has 2 amide bonds. The van der Waals surface area contributed by atoms with Gasteiger partial charge in [-0.15, -0.1) is 0 Å². The van der Waals surface area contributed by atoms with E-state index in [9.17, 15) is 14.7 Å². The zero-order chi connectivity index (χ0) is 17.9. The van der Waals surface area contributed by atoms with Crippen LogP contribution in [0.15, 0.2) is 18.3 Å². The summed E-state index contributed by atoms with van der Waals surface area (Å²) in [6.45, 7) is 2.40. The van der Waals surface area contributed by atoms with Crippen molar-refractivity contribution in [3.8, 4) is 0 Å². The maximum Gasteiger partial charge on any atom is 0.254 e. The number of hydrogen-bond acceptors (Lipinski definition) is 5. The highest BCUT2D eigenvalue weighted by Gasteiger charge is 2.42. The predicted molar refractivity (Wildman–Crippen MR) is 94.3 cm³/mol. The van der Waals surface area contributed by atoms with E-state index >= 15 is 0 Å². The van der Waals surface area contributed by atoms with Gasteiger partial charge in [0.15, 0.2) is 0 Å². The van der Waals surface area contributed by atoms with Crippen LogP contribution in [0.4, 0.5) is 5.82 Å². The highest BCUT2D eigenvalue weighted by Crippen LogP contribution is 2.39. The highest BCUT2D eigenvalue weighted by atomic mass is 16.3. The number of nitrogens with zero attached hydrogens (tertiary/aromatic N) is 3. The molecule has 3 rings (SSSR count). The quantitative estimate of drug-likeness (QED) is 0.848. The predicted octanol–water partition coefficient (Wildman–Crippen LogP) is 0.960. The van der Waals surface area contributed by atoms with Crippen molar-refractivity contribution < 1.29 is 14.7 Å². The van der Waals surface area contributed by atoms with Crippen LogP contribution < -0.4 is 5.32 Å². The number of nitrogens with one attached hydrogen (secondary N) is 1. The summed E-state index contributed by atoms with van der Waals surface area (Å²) in [6.07, 6.45) is 4.92. The van der Waals surface area contributed by atoms with Gasteiger partial charge in [-0.25, -0.2) is 4.98 Å². The van der Waals surface area contributed by atoms with Crippen LogP contribution in [0.25, 0.3) is 0 Å². The van der Waals surface area contributed by atoms with Crippen molar-refractivity contribution in [2.75, 3.05) is 45.2 Å². The van der Waals surface area contributed by atoms with Gasteiger partial charge in [-0.2, -0.15) is 0 Å². The Balaban J connectivity index is 1.74. The third-order valence-electron chi connectivity index (χ3n) is 5.33. The van der Waals surface area contributed by atoms with E-state index in [1.54, 1.807) is 30.3 Å². The summed E-state index contributed by atoms with van der Waals surface area (Å²) in [7, 11) is 1.78. The second kappa shape index (κ2) is 7.39. The molecule has 1 aromatic rings. The van der Waals surface area contributed by atoms with E-state index in [2.05, 4.69) is 10.3 Å².